The molecule has 0 aromatic heterocycles. The molecule has 1 aromatic rings. The predicted octanol–water partition coefficient (Wildman–Crippen LogP) is 2.18. The average Bonchev–Trinajstić information content (AvgIpc) is 2.28. The molecule has 0 spiro atoms. The lowest BCUT2D eigenvalue weighted by Gasteiger charge is -2.09. The smallest absolute Gasteiger partial charge is 0.251 e. The molecule has 0 saturated heterocycles. The number of carbonyl (C=O) groups is 1. The Kier molecular flexibility index (Phi) is 4.82. The van der Waals surface area contributed by atoms with Crippen LogP contribution in [0.4, 0.5) is 0 Å². The van der Waals surface area contributed by atoms with Crippen molar-refractivity contribution in [3.63, 3.8) is 0 Å². The normalized spacial score (nSPS) is 10.4. The first kappa shape index (κ1) is 13.4. The van der Waals surface area contributed by atoms with Crippen molar-refractivity contribution >= 4 is 5.91 Å². The van der Waals surface area contributed by atoms with Crippen molar-refractivity contribution in [2.75, 3.05) is 13.2 Å². The number of ether oxygens (including phenoxy) is 1. The summed E-state index contributed by atoms with van der Waals surface area (Å²) < 4.78 is 5.19. The maximum atomic E-state index is 11.7. The number of phenols is 1. The predicted molar refractivity (Wildman–Crippen MR) is 66.4 cm³/mol. The fourth-order valence-electron chi connectivity index (χ4n) is 1.34. The Morgan fingerprint density at radius 3 is 2.71 bits per heavy atom. The number of phenolic OH excluding ortho intramolecular Hbond substituents is 1. The maximum absolute atomic E-state index is 11.7. The molecule has 94 valence electrons. The van der Waals surface area contributed by atoms with Gasteiger partial charge in [-0.3, -0.25) is 4.79 Å². The minimum absolute atomic E-state index is 0.0101. The van der Waals surface area contributed by atoms with E-state index in [1.165, 1.54) is 6.07 Å². The largest absolute Gasteiger partial charge is 0.504 e. The van der Waals surface area contributed by atoms with Gasteiger partial charge in [0.2, 0.25) is 0 Å². The molecule has 1 rings (SSSR count). The monoisotopic (exact) mass is 237 g/mol. The van der Waals surface area contributed by atoms with Crippen LogP contribution in [0.5, 0.6) is 11.5 Å². The van der Waals surface area contributed by atoms with E-state index in [1.807, 2.05) is 20.8 Å². The lowest BCUT2D eigenvalue weighted by atomic mass is 10.1. The molecule has 17 heavy (non-hydrogen) atoms. The van der Waals surface area contributed by atoms with Gasteiger partial charge in [-0.1, -0.05) is 13.8 Å². The Balaban J connectivity index is 2.72. The van der Waals surface area contributed by atoms with Crippen LogP contribution >= 0.6 is 0 Å². The van der Waals surface area contributed by atoms with Gasteiger partial charge in [0.05, 0.1) is 6.61 Å². The molecular weight excluding hydrogens is 218 g/mol. The van der Waals surface area contributed by atoms with Crippen molar-refractivity contribution in [1.82, 2.24) is 5.32 Å². The molecule has 1 amide bonds. The van der Waals surface area contributed by atoms with Crippen molar-refractivity contribution in [1.29, 1.82) is 0 Å². The van der Waals surface area contributed by atoms with Gasteiger partial charge < -0.3 is 15.2 Å². The highest BCUT2D eigenvalue weighted by Crippen LogP contribution is 2.26. The van der Waals surface area contributed by atoms with Crippen LogP contribution in [0.1, 0.15) is 31.1 Å². The highest BCUT2D eigenvalue weighted by atomic mass is 16.5. The summed E-state index contributed by atoms with van der Waals surface area (Å²) in [5, 5.41) is 12.4. The summed E-state index contributed by atoms with van der Waals surface area (Å²) in [5.74, 6) is 0.601. The van der Waals surface area contributed by atoms with Gasteiger partial charge in [-0.2, -0.15) is 0 Å². The van der Waals surface area contributed by atoms with E-state index in [9.17, 15) is 9.90 Å². The van der Waals surface area contributed by atoms with Crippen LogP contribution in [-0.2, 0) is 0 Å². The third kappa shape index (κ3) is 3.98. The van der Waals surface area contributed by atoms with Gasteiger partial charge >= 0.3 is 0 Å². The first-order valence-corrected chi connectivity index (χ1v) is 5.78. The molecule has 0 fully saturated rings. The molecule has 0 atom stereocenters. The second-order valence-corrected chi connectivity index (χ2v) is 4.22. The zero-order valence-electron chi connectivity index (χ0n) is 10.5. The van der Waals surface area contributed by atoms with E-state index in [-0.39, 0.29) is 11.7 Å². The molecule has 4 nitrogen and oxygen atoms in total. The van der Waals surface area contributed by atoms with Gasteiger partial charge in [-0.15, -0.1) is 0 Å². The summed E-state index contributed by atoms with van der Waals surface area (Å²) >= 11 is 0. The van der Waals surface area contributed by atoms with Crippen LogP contribution in [0.2, 0.25) is 0 Å². The Hall–Kier alpha value is -1.71. The van der Waals surface area contributed by atoms with Gasteiger partial charge in [0.15, 0.2) is 11.5 Å². The summed E-state index contributed by atoms with van der Waals surface area (Å²) in [6.45, 7) is 6.98. The second-order valence-electron chi connectivity index (χ2n) is 4.22. The third-order valence-electron chi connectivity index (χ3n) is 2.19. The van der Waals surface area contributed by atoms with Crippen molar-refractivity contribution in [3.8, 4) is 11.5 Å². The van der Waals surface area contributed by atoms with Crippen molar-refractivity contribution in [3.05, 3.63) is 23.8 Å². The van der Waals surface area contributed by atoms with E-state index in [0.29, 0.717) is 30.4 Å². The summed E-state index contributed by atoms with van der Waals surface area (Å²) in [6.07, 6.45) is 0. The molecule has 0 aliphatic heterocycles. The van der Waals surface area contributed by atoms with Crippen LogP contribution in [-0.4, -0.2) is 24.2 Å². The number of amides is 1. The number of nitrogens with one attached hydrogen (secondary N) is 1. The van der Waals surface area contributed by atoms with E-state index in [0.717, 1.165) is 0 Å². The number of carbonyl (C=O) groups excluding carboxylic acids is 1. The highest BCUT2D eigenvalue weighted by molar-refractivity contribution is 5.94. The number of rotatable bonds is 5. The summed E-state index contributed by atoms with van der Waals surface area (Å²) in [6, 6.07) is 4.66. The van der Waals surface area contributed by atoms with E-state index in [1.54, 1.807) is 12.1 Å². The molecule has 0 radical (unpaired) electrons. The zero-order valence-corrected chi connectivity index (χ0v) is 10.5. The Morgan fingerprint density at radius 1 is 1.47 bits per heavy atom. The molecule has 2 N–H and O–H groups in total. The van der Waals surface area contributed by atoms with Gasteiger partial charge in [-0.05, 0) is 31.0 Å². The van der Waals surface area contributed by atoms with Crippen LogP contribution < -0.4 is 10.1 Å². The molecule has 0 bridgehead atoms. The van der Waals surface area contributed by atoms with E-state index >= 15 is 0 Å². The summed E-state index contributed by atoms with van der Waals surface area (Å²) in [4.78, 5) is 11.7. The van der Waals surface area contributed by atoms with Gasteiger partial charge in [-0.25, -0.2) is 0 Å². The molecule has 1 aromatic carbocycles. The topological polar surface area (TPSA) is 58.6 Å². The zero-order chi connectivity index (χ0) is 12.8. The molecule has 4 heteroatoms. The Morgan fingerprint density at radius 2 is 2.18 bits per heavy atom. The fraction of sp³-hybridized carbons (Fsp3) is 0.462. The Bertz CT molecular complexity index is 388. The van der Waals surface area contributed by atoms with E-state index in [2.05, 4.69) is 5.32 Å². The van der Waals surface area contributed by atoms with Crippen molar-refractivity contribution in [2.45, 2.75) is 20.8 Å². The molecule has 0 unspecified atom stereocenters. The van der Waals surface area contributed by atoms with Crippen molar-refractivity contribution < 1.29 is 14.6 Å². The van der Waals surface area contributed by atoms with Crippen LogP contribution in [0.15, 0.2) is 18.2 Å². The average molecular weight is 237 g/mol. The lowest BCUT2D eigenvalue weighted by Crippen LogP contribution is -2.27. The first-order valence-electron chi connectivity index (χ1n) is 5.78. The molecule has 0 aliphatic carbocycles. The number of benzene rings is 1. The van der Waals surface area contributed by atoms with E-state index < -0.39 is 0 Å². The van der Waals surface area contributed by atoms with Gasteiger partial charge in [0.25, 0.3) is 5.91 Å². The Labute approximate surface area is 102 Å². The molecule has 0 heterocycles. The SMILES string of the molecule is CCOc1ccc(C(=O)NCC(C)C)cc1O. The standard InChI is InChI=1S/C13H19NO3/c1-4-17-12-6-5-10(7-11(12)15)13(16)14-8-9(2)3/h5-7,9,15H,4,8H2,1-3H3,(H,14,16). The number of aromatic hydroxyl groups is 1. The molecule has 0 saturated carbocycles. The molecular formula is C13H19NO3. The fourth-order valence-corrected chi connectivity index (χ4v) is 1.34. The lowest BCUT2D eigenvalue weighted by molar-refractivity contribution is 0.0948. The summed E-state index contributed by atoms with van der Waals surface area (Å²) in [7, 11) is 0. The van der Waals surface area contributed by atoms with Gasteiger partial charge in [0, 0.05) is 12.1 Å². The van der Waals surface area contributed by atoms with E-state index in [4.69, 9.17) is 4.74 Å². The first-order chi connectivity index (χ1) is 8.04. The number of hydrogen-bond donors (Lipinski definition) is 2. The quantitative estimate of drug-likeness (QED) is 0.825. The van der Waals surface area contributed by atoms with Gasteiger partial charge in [0.1, 0.15) is 0 Å². The van der Waals surface area contributed by atoms with Crippen molar-refractivity contribution in [2.24, 2.45) is 5.92 Å². The van der Waals surface area contributed by atoms with Crippen LogP contribution in [0.25, 0.3) is 0 Å². The third-order valence-corrected chi connectivity index (χ3v) is 2.19. The second kappa shape index (κ2) is 6.13. The highest BCUT2D eigenvalue weighted by Gasteiger charge is 2.09. The molecule has 0 aliphatic rings. The van der Waals surface area contributed by atoms with Crippen LogP contribution in [0.3, 0.4) is 0 Å². The minimum atomic E-state index is -0.183. The number of hydrogen-bond acceptors (Lipinski definition) is 3. The maximum Gasteiger partial charge on any atom is 0.251 e. The minimum Gasteiger partial charge on any atom is -0.504 e. The summed E-state index contributed by atoms with van der Waals surface area (Å²) in [5.41, 5.74) is 0.437. The van der Waals surface area contributed by atoms with Crippen LogP contribution in [0, 0.1) is 5.92 Å².